The molecule has 0 saturated heterocycles. The lowest BCUT2D eigenvalue weighted by atomic mass is 9.99. The first-order valence-corrected chi connectivity index (χ1v) is 21.4. The van der Waals surface area contributed by atoms with Crippen LogP contribution in [0.4, 0.5) is 0 Å². The van der Waals surface area contributed by atoms with Crippen LogP contribution in [0.5, 0.6) is 0 Å². The van der Waals surface area contributed by atoms with Crippen molar-refractivity contribution in [1.82, 2.24) is 5.32 Å². The van der Waals surface area contributed by atoms with Gasteiger partial charge in [0.2, 0.25) is 5.91 Å². The summed E-state index contributed by atoms with van der Waals surface area (Å²) in [5.74, 6) is -0.584. The molecule has 0 bridgehead atoms. The molecular weight excluding hydrogens is 598 g/mol. The zero-order valence-corrected chi connectivity index (χ0v) is 32.3. The minimum absolute atomic E-state index is 0.375. The van der Waals surface area contributed by atoms with Gasteiger partial charge in [-0.25, -0.2) is 0 Å². The van der Waals surface area contributed by atoms with E-state index in [-0.39, 0.29) is 0 Å². The van der Waals surface area contributed by atoms with E-state index in [1.807, 2.05) is 0 Å². The molecule has 5 N–H and O–H groups in total. The number of amides is 1. The molecule has 0 saturated carbocycles. The Balaban J connectivity index is 3.52. The van der Waals surface area contributed by atoms with Crippen molar-refractivity contribution in [3.63, 3.8) is 0 Å². The molecule has 48 heavy (non-hydrogen) atoms. The van der Waals surface area contributed by atoms with Gasteiger partial charge in [0.05, 0.1) is 18.8 Å². The van der Waals surface area contributed by atoms with Crippen molar-refractivity contribution in [1.29, 1.82) is 0 Å². The fraction of sp³-hybridized carbons (Fsp3) is 0.976. The molecule has 0 radical (unpaired) electrons. The number of unbranched alkanes of at least 4 members (excludes halogenated alkanes) is 30. The van der Waals surface area contributed by atoms with E-state index in [2.05, 4.69) is 19.2 Å². The number of aliphatic hydroxyl groups is 4. The zero-order valence-electron chi connectivity index (χ0n) is 32.3. The minimum Gasteiger partial charge on any atom is -0.394 e. The van der Waals surface area contributed by atoms with Crippen LogP contribution in [-0.2, 0) is 4.79 Å². The van der Waals surface area contributed by atoms with Gasteiger partial charge in [0.15, 0.2) is 0 Å². The molecule has 6 heteroatoms. The second-order valence-corrected chi connectivity index (χ2v) is 15.1. The van der Waals surface area contributed by atoms with Crippen LogP contribution in [0, 0.1) is 0 Å². The van der Waals surface area contributed by atoms with Gasteiger partial charge in [-0.05, 0) is 12.8 Å². The SMILES string of the molecule is CCCCCCCCCCCCCCCCCCCCCCCCCCCCC(O)C(=O)NC(CO)C(O)C(O)CCCCCCCC. The largest absolute Gasteiger partial charge is 0.394 e. The lowest BCUT2D eigenvalue weighted by Gasteiger charge is -2.27. The summed E-state index contributed by atoms with van der Waals surface area (Å²) in [6, 6.07) is -0.976. The maximum absolute atomic E-state index is 12.4. The molecular formula is C42H85NO5. The Labute approximate surface area is 299 Å². The third-order valence-corrected chi connectivity index (χ3v) is 10.3. The van der Waals surface area contributed by atoms with E-state index < -0.39 is 36.9 Å². The van der Waals surface area contributed by atoms with Crippen LogP contribution in [0.2, 0.25) is 0 Å². The Morgan fingerprint density at radius 1 is 0.438 bits per heavy atom. The second-order valence-electron chi connectivity index (χ2n) is 15.1. The van der Waals surface area contributed by atoms with Crippen LogP contribution in [0.1, 0.15) is 232 Å². The first-order valence-electron chi connectivity index (χ1n) is 21.4. The van der Waals surface area contributed by atoms with E-state index >= 15 is 0 Å². The van der Waals surface area contributed by atoms with E-state index in [1.54, 1.807) is 0 Å². The van der Waals surface area contributed by atoms with E-state index in [9.17, 15) is 25.2 Å². The van der Waals surface area contributed by atoms with Gasteiger partial charge in [-0.2, -0.15) is 0 Å². The van der Waals surface area contributed by atoms with Crippen LogP contribution in [0.3, 0.4) is 0 Å². The lowest BCUT2D eigenvalue weighted by molar-refractivity contribution is -0.132. The normalized spacial score (nSPS) is 14.2. The number of hydrogen-bond acceptors (Lipinski definition) is 5. The topological polar surface area (TPSA) is 110 Å². The minimum atomic E-state index is -1.25. The molecule has 0 fully saturated rings. The Bertz CT molecular complexity index is 648. The van der Waals surface area contributed by atoms with Gasteiger partial charge in [0.25, 0.3) is 0 Å². The standard InChI is InChI=1S/C42H85NO5/c1-3-5-7-9-11-12-13-14-15-16-17-18-19-20-21-22-23-24-25-26-27-28-29-30-32-34-36-40(46)42(48)43-38(37-44)41(47)39(45)35-33-31-10-8-6-4-2/h38-41,44-47H,3-37H2,1-2H3,(H,43,48). The summed E-state index contributed by atoms with van der Waals surface area (Å²) in [5, 5.41) is 43.2. The van der Waals surface area contributed by atoms with Crippen molar-refractivity contribution in [2.24, 2.45) is 0 Å². The van der Waals surface area contributed by atoms with E-state index in [0.717, 1.165) is 38.5 Å². The first kappa shape index (κ1) is 47.3. The predicted molar refractivity (Wildman–Crippen MR) is 205 cm³/mol. The molecule has 0 aliphatic rings. The molecule has 0 aromatic heterocycles. The number of carbonyl (C=O) groups excluding carboxylic acids is 1. The zero-order chi connectivity index (χ0) is 35.3. The molecule has 288 valence electrons. The van der Waals surface area contributed by atoms with Crippen molar-refractivity contribution in [2.75, 3.05) is 6.61 Å². The number of carbonyl (C=O) groups is 1. The molecule has 4 atom stereocenters. The highest BCUT2D eigenvalue weighted by atomic mass is 16.3. The average Bonchev–Trinajstić information content (AvgIpc) is 3.09. The molecule has 6 nitrogen and oxygen atoms in total. The first-order chi connectivity index (χ1) is 23.5. The quantitative estimate of drug-likeness (QED) is 0.0414. The van der Waals surface area contributed by atoms with Gasteiger partial charge in [0.1, 0.15) is 12.2 Å². The highest BCUT2D eigenvalue weighted by molar-refractivity contribution is 5.80. The maximum Gasteiger partial charge on any atom is 0.249 e. The fourth-order valence-electron chi connectivity index (χ4n) is 6.88. The average molecular weight is 684 g/mol. The number of rotatable bonds is 39. The van der Waals surface area contributed by atoms with Gasteiger partial charge in [-0.1, -0.05) is 219 Å². The van der Waals surface area contributed by atoms with Gasteiger partial charge in [-0.15, -0.1) is 0 Å². The smallest absolute Gasteiger partial charge is 0.249 e. The summed E-state index contributed by atoms with van der Waals surface area (Å²) in [5.41, 5.74) is 0. The summed E-state index contributed by atoms with van der Waals surface area (Å²) < 4.78 is 0. The van der Waals surface area contributed by atoms with Gasteiger partial charge >= 0.3 is 0 Å². The highest BCUT2D eigenvalue weighted by Crippen LogP contribution is 2.17. The predicted octanol–water partition coefficient (Wildman–Crippen LogP) is 10.8. The molecule has 0 aromatic carbocycles. The van der Waals surface area contributed by atoms with Crippen molar-refractivity contribution in [2.45, 2.75) is 257 Å². The summed E-state index contributed by atoms with van der Waals surface area (Å²) in [4.78, 5) is 12.4. The van der Waals surface area contributed by atoms with Crippen LogP contribution in [-0.4, -0.2) is 57.3 Å². The molecule has 0 aliphatic heterocycles. The molecule has 0 rings (SSSR count). The lowest BCUT2D eigenvalue weighted by Crippen LogP contribution is -2.53. The van der Waals surface area contributed by atoms with Crippen molar-refractivity contribution < 1.29 is 25.2 Å². The van der Waals surface area contributed by atoms with Gasteiger partial charge < -0.3 is 25.7 Å². The Hall–Kier alpha value is -0.690. The highest BCUT2D eigenvalue weighted by Gasteiger charge is 2.28. The third kappa shape index (κ3) is 31.3. The Kier molecular flexibility index (Phi) is 37.0. The Morgan fingerprint density at radius 2 is 0.708 bits per heavy atom. The molecule has 0 aromatic rings. The maximum atomic E-state index is 12.4. The fourth-order valence-corrected chi connectivity index (χ4v) is 6.88. The molecule has 0 aliphatic carbocycles. The van der Waals surface area contributed by atoms with Crippen LogP contribution in [0.25, 0.3) is 0 Å². The van der Waals surface area contributed by atoms with Crippen molar-refractivity contribution in [3.05, 3.63) is 0 Å². The summed E-state index contributed by atoms with van der Waals surface area (Å²) >= 11 is 0. The van der Waals surface area contributed by atoms with Crippen molar-refractivity contribution in [3.8, 4) is 0 Å². The van der Waals surface area contributed by atoms with Crippen molar-refractivity contribution >= 4 is 5.91 Å². The molecule has 1 amide bonds. The molecule has 4 unspecified atom stereocenters. The monoisotopic (exact) mass is 684 g/mol. The number of nitrogens with one attached hydrogen (secondary N) is 1. The Morgan fingerprint density at radius 3 is 1.00 bits per heavy atom. The summed E-state index contributed by atoms with van der Waals surface area (Å²) in [7, 11) is 0. The van der Waals surface area contributed by atoms with Gasteiger partial charge in [0, 0.05) is 0 Å². The summed E-state index contributed by atoms with van der Waals surface area (Å²) in [6.45, 7) is 3.98. The molecule has 0 heterocycles. The van der Waals surface area contributed by atoms with E-state index in [0.29, 0.717) is 12.8 Å². The number of aliphatic hydroxyl groups excluding tert-OH is 4. The van der Waals surface area contributed by atoms with E-state index in [4.69, 9.17) is 0 Å². The van der Waals surface area contributed by atoms with Crippen LogP contribution < -0.4 is 5.32 Å². The van der Waals surface area contributed by atoms with Crippen LogP contribution >= 0.6 is 0 Å². The second kappa shape index (κ2) is 37.6. The third-order valence-electron chi connectivity index (χ3n) is 10.3. The van der Waals surface area contributed by atoms with E-state index in [1.165, 1.54) is 167 Å². The van der Waals surface area contributed by atoms with Crippen LogP contribution in [0.15, 0.2) is 0 Å². The number of hydrogen-bond donors (Lipinski definition) is 5. The molecule has 0 spiro atoms. The van der Waals surface area contributed by atoms with Gasteiger partial charge in [-0.3, -0.25) is 4.79 Å². The summed E-state index contributed by atoms with van der Waals surface area (Å²) in [6.07, 6.45) is 39.0.